The van der Waals surface area contributed by atoms with Gasteiger partial charge in [-0.1, -0.05) is 40.2 Å². The molecule has 0 bridgehead atoms. The summed E-state index contributed by atoms with van der Waals surface area (Å²) < 4.78 is 32.0. The molecule has 0 radical (unpaired) electrons. The maximum Gasteiger partial charge on any atom is 0.283 e. The Morgan fingerprint density at radius 3 is 2.13 bits per heavy atom. The van der Waals surface area contributed by atoms with Crippen LogP contribution in [-0.4, -0.2) is 19.9 Å². The molecule has 1 aromatic heterocycles. The number of aromatic nitrogens is 1. The highest BCUT2D eigenvalue weighted by Gasteiger charge is 2.35. The van der Waals surface area contributed by atoms with Crippen molar-refractivity contribution in [2.45, 2.75) is 18.7 Å². The van der Waals surface area contributed by atoms with Crippen molar-refractivity contribution >= 4 is 48.9 Å². The van der Waals surface area contributed by atoms with Crippen molar-refractivity contribution in [2.24, 2.45) is 4.40 Å². The third-order valence-corrected chi connectivity index (χ3v) is 6.61. The van der Waals surface area contributed by atoms with Gasteiger partial charge in [-0.3, -0.25) is 4.79 Å². The van der Waals surface area contributed by atoms with Crippen LogP contribution in [-0.2, 0) is 10.0 Å². The Morgan fingerprint density at radius 2 is 1.52 bits per heavy atom. The van der Waals surface area contributed by atoms with Gasteiger partial charge in [-0.25, -0.2) is 0 Å². The summed E-state index contributed by atoms with van der Waals surface area (Å²) in [5, 5.41) is 13.4. The Morgan fingerprint density at radius 1 is 0.935 bits per heavy atom. The highest BCUT2D eigenvalue weighted by molar-refractivity contribution is 9.10. The lowest BCUT2D eigenvalue weighted by Gasteiger charge is -2.23. The van der Waals surface area contributed by atoms with Crippen molar-refractivity contribution in [2.75, 3.05) is 0 Å². The highest BCUT2D eigenvalue weighted by atomic mass is 79.9. The highest BCUT2D eigenvalue weighted by Crippen LogP contribution is 2.28. The number of carbonyl (C=O) groups is 1. The molecule has 1 aliphatic carbocycles. The van der Waals surface area contributed by atoms with Crippen LogP contribution in [0.15, 0.2) is 80.8 Å². The fourth-order valence-corrected chi connectivity index (χ4v) is 4.75. The summed E-state index contributed by atoms with van der Waals surface area (Å²) >= 11 is 3.26. The molecule has 0 amide bonds. The summed E-state index contributed by atoms with van der Waals surface area (Å²) in [5.74, 6) is -1.08. The first-order valence-corrected chi connectivity index (χ1v) is 11.6. The molecule has 2 aromatic carbocycles. The van der Waals surface area contributed by atoms with Gasteiger partial charge in [0.05, 0.1) is 4.90 Å². The number of rotatable bonds is 3. The van der Waals surface area contributed by atoms with Gasteiger partial charge in [0.1, 0.15) is 0 Å². The molecule has 0 saturated heterocycles. The molecule has 1 heterocycles. The average molecular weight is 497 g/mol. The number of allylic oxidation sites excluding steroid dienone is 1. The van der Waals surface area contributed by atoms with Crippen LogP contribution < -0.4 is 9.67 Å². The smallest absolute Gasteiger partial charge is 0.283 e. The van der Waals surface area contributed by atoms with Crippen LogP contribution >= 0.6 is 15.9 Å². The molecule has 0 spiro atoms. The molecule has 156 valence electrons. The van der Waals surface area contributed by atoms with Crippen LogP contribution in [0.3, 0.4) is 0 Å². The van der Waals surface area contributed by atoms with Crippen molar-refractivity contribution in [3.8, 4) is 0 Å². The largest absolute Gasteiger partial charge is 0.867 e. The Hall–Kier alpha value is -3.10. The van der Waals surface area contributed by atoms with Gasteiger partial charge < -0.3 is 5.11 Å². The van der Waals surface area contributed by atoms with Gasteiger partial charge in [0.2, 0.25) is 11.5 Å². The number of nitrogens with zero attached hydrogens (tertiary/aromatic N) is 2. The van der Waals surface area contributed by atoms with Gasteiger partial charge in [0.15, 0.2) is 18.1 Å². The van der Waals surface area contributed by atoms with Crippen LogP contribution in [0.1, 0.15) is 27.0 Å². The van der Waals surface area contributed by atoms with Gasteiger partial charge in [-0.2, -0.15) is 13.0 Å². The van der Waals surface area contributed by atoms with Gasteiger partial charge in [0, 0.05) is 21.2 Å². The van der Waals surface area contributed by atoms with E-state index in [1.807, 2.05) is 19.9 Å². The van der Waals surface area contributed by atoms with Crippen LogP contribution in [0.2, 0.25) is 0 Å². The molecule has 31 heavy (non-hydrogen) atoms. The molecular weight excluding hydrogens is 480 g/mol. The minimum atomic E-state index is -4.24. The fraction of sp³-hybridized carbons (Fsp3) is 0.0870. The fourth-order valence-electron chi connectivity index (χ4n) is 3.49. The maximum absolute atomic E-state index is 13.4. The molecule has 0 aliphatic heterocycles. The number of pyridine rings is 1. The van der Waals surface area contributed by atoms with Gasteiger partial charge in [-0.05, 0) is 55.5 Å². The Bertz CT molecular complexity index is 1370. The SMILES string of the molecule is Cc1cc(C)c[n+](C2=C([O-])c3ccccc3C(=O)C2=NS(=O)(=O)c2ccc(Br)cc2)c1. The molecule has 0 fully saturated rings. The number of sulfonamides is 1. The van der Waals surface area contributed by atoms with Crippen molar-refractivity contribution < 1.29 is 22.9 Å². The number of Topliss-reactive ketones (excluding diaryl/α,β-unsaturated/α-hetero) is 1. The minimum Gasteiger partial charge on any atom is -0.867 e. The molecule has 0 atom stereocenters. The molecule has 4 rings (SSSR count). The zero-order chi connectivity index (χ0) is 22.3. The first kappa shape index (κ1) is 21.1. The molecule has 8 heteroatoms. The first-order valence-electron chi connectivity index (χ1n) is 9.33. The second-order valence-corrected chi connectivity index (χ2v) is 9.74. The number of aryl methyl sites for hydroxylation is 2. The number of hydrogen-bond donors (Lipinski definition) is 0. The molecule has 6 nitrogen and oxygen atoms in total. The van der Waals surface area contributed by atoms with E-state index in [1.54, 1.807) is 42.7 Å². The number of hydrogen-bond acceptors (Lipinski definition) is 4. The molecule has 1 aliphatic rings. The lowest BCUT2D eigenvalue weighted by Crippen LogP contribution is -2.44. The average Bonchev–Trinajstić information content (AvgIpc) is 2.71. The monoisotopic (exact) mass is 496 g/mol. The van der Waals surface area contributed by atoms with E-state index in [0.717, 1.165) is 11.1 Å². The van der Waals surface area contributed by atoms with E-state index in [4.69, 9.17) is 0 Å². The van der Waals surface area contributed by atoms with Crippen molar-refractivity contribution in [3.63, 3.8) is 0 Å². The number of halogens is 1. The second-order valence-electron chi connectivity index (χ2n) is 7.22. The van der Waals surface area contributed by atoms with E-state index < -0.39 is 27.3 Å². The number of carbonyl (C=O) groups excluding carboxylic acids is 1. The van der Waals surface area contributed by atoms with Crippen LogP contribution in [0.25, 0.3) is 11.5 Å². The second kappa shape index (κ2) is 7.86. The van der Waals surface area contributed by atoms with E-state index in [0.29, 0.717) is 4.47 Å². The van der Waals surface area contributed by atoms with E-state index >= 15 is 0 Å². The van der Waals surface area contributed by atoms with Crippen LogP contribution in [0.4, 0.5) is 0 Å². The number of fused-ring (bicyclic) bond motifs is 1. The van der Waals surface area contributed by atoms with Crippen molar-refractivity contribution in [1.29, 1.82) is 0 Å². The summed E-state index contributed by atoms with van der Waals surface area (Å²) in [6.45, 7) is 3.70. The third kappa shape index (κ3) is 3.96. The topological polar surface area (TPSA) is 90.5 Å². The molecule has 0 N–H and O–H groups in total. The van der Waals surface area contributed by atoms with Crippen LogP contribution in [0, 0.1) is 13.8 Å². The zero-order valence-electron chi connectivity index (χ0n) is 16.7. The van der Waals surface area contributed by atoms with Crippen LogP contribution in [0.5, 0.6) is 0 Å². The minimum absolute atomic E-state index is 0.0768. The standard InChI is InChI=1S/C23H17BrN2O4S/c1-14-11-15(2)13-26(12-14)21-20(22(27)18-5-3-4-6-19(18)23(21)28)25-31(29,30)17-9-7-16(24)8-10-17/h3-13H,1-2H3. The van der Waals surface area contributed by atoms with E-state index in [1.165, 1.54) is 22.8 Å². The van der Waals surface area contributed by atoms with E-state index in [9.17, 15) is 18.3 Å². The van der Waals surface area contributed by atoms with Gasteiger partial charge in [-0.15, -0.1) is 4.40 Å². The Balaban J connectivity index is 2.01. The predicted molar refractivity (Wildman–Crippen MR) is 119 cm³/mol. The normalized spacial score (nSPS) is 15.3. The molecule has 3 aromatic rings. The van der Waals surface area contributed by atoms with Gasteiger partial charge in [0.25, 0.3) is 10.0 Å². The lowest BCUT2D eigenvalue weighted by atomic mass is 9.91. The maximum atomic E-state index is 13.4. The molecule has 0 saturated carbocycles. The number of benzene rings is 2. The quantitative estimate of drug-likeness (QED) is 0.521. The summed E-state index contributed by atoms with van der Waals surface area (Å²) in [4.78, 5) is 13.2. The van der Waals surface area contributed by atoms with E-state index in [-0.39, 0.29) is 21.7 Å². The molecule has 0 unspecified atom stereocenters. The Kier molecular flexibility index (Phi) is 5.36. The van der Waals surface area contributed by atoms with Crippen molar-refractivity contribution in [3.05, 3.63) is 93.7 Å². The zero-order valence-corrected chi connectivity index (χ0v) is 19.1. The summed E-state index contributed by atoms with van der Waals surface area (Å²) in [6.07, 6.45) is 3.34. The summed E-state index contributed by atoms with van der Waals surface area (Å²) in [6, 6.07) is 14.2. The number of ketones is 1. The molecular formula is C23H17BrN2O4S. The Labute approximate surface area is 188 Å². The van der Waals surface area contributed by atoms with Gasteiger partial charge >= 0.3 is 0 Å². The van der Waals surface area contributed by atoms with E-state index in [2.05, 4.69) is 20.3 Å². The van der Waals surface area contributed by atoms with Crippen molar-refractivity contribution in [1.82, 2.24) is 0 Å². The predicted octanol–water partition coefficient (Wildman–Crippen LogP) is 3.07. The summed E-state index contributed by atoms with van der Waals surface area (Å²) in [7, 11) is -4.24. The lowest BCUT2D eigenvalue weighted by molar-refractivity contribution is -0.578. The third-order valence-electron chi connectivity index (χ3n) is 4.79. The first-order chi connectivity index (χ1) is 14.7. The summed E-state index contributed by atoms with van der Waals surface area (Å²) in [5.41, 5.74) is 1.56.